The molecule has 1 aliphatic rings. The van der Waals surface area contributed by atoms with Gasteiger partial charge in [-0.05, 0) is 36.8 Å². The lowest BCUT2D eigenvalue weighted by atomic mass is 10.2. The van der Waals surface area contributed by atoms with Gasteiger partial charge in [0.25, 0.3) is 0 Å². The van der Waals surface area contributed by atoms with Crippen LogP contribution in [0.5, 0.6) is 0 Å². The van der Waals surface area contributed by atoms with Crippen molar-refractivity contribution in [3.8, 4) is 0 Å². The molecule has 18 heavy (non-hydrogen) atoms. The third-order valence-corrected chi connectivity index (χ3v) is 4.87. The van der Waals surface area contributed by atoms with Gasteiger partial charge in [0, 0.05) is 12.1 Å². The Morgan fingerprint density at radius 3 is 2.94 bits per heavy atom. The van der Waals surface area contributed by atoms with Gasteiger partial charge in [0.05, 0.1) is 6.04 Å². The molecule has 0 aromatic heterocycles. The van der Waals surface area contributed by atoms with Crippen molar-refractivity contribution in [1.82, 2.24) is 5.32 Å². The van der Waals surface area contributed by atoms with Crippen LogP contribution in [0.25, 0.3) is 0 Å². The standard InChI is InChI=1S/C12H16N2O2S2/c1-9-3-2-4-10(7-9)13-12(17)14-11-5-6-18(15,16)8-11/h2-4,7,11H,5-6,8H2,1H3,(H2-,13,14,15,16,17)/p+1/t11-/m0/s1. The molecule has 0 amide bonds. The fraction of sp³-hybridized carbons (Fsp3) is 0.417. The number of anilines is 1. The van der Waals surface area contributed by atoms with E-state index < -0.39 is 10.2 Å². The number of rotatable bonds is 2. The van der Waals surface area contributed by atoms with Crippen molar-refractivity contribution >= 4 is 33.2 Å². The molecule has 0 saturated carbocycles. The molecule has 0 spiro atoms. The van der Waals surface area contributed by atoms with E-state index >= 15 is 0 Å². The molecule has 1 aromatic rings. The highest BCUT2D eigenvalue weighted by Gasteiger charge is 2.38. The first kappa shape index (κ1) is 13.5. The first-order valence-corrected chi connectivity index (χ1v) is 8.07. The molecule has 2 rings (SSSR count). The van der Waals surface area contributed by atoms with Gasteiger partial charge in [-0.15, -0.1) is 0 Å². The molecule has 1 fully saturated rings. The molecule has 2 atom stereocenters. The van der Waals surface area contributed by atoms with Crippen LogP contribution in [-0.4, -0.2) is 27.2 Å². The predicted molar refractivity (Wildman–Crippen MR) is 79.4 cm³/mol. The van der Waals surface area contributed by atoms with E-state index in [1.807, 2.05) is 31.2 Å². The van der Waals surface area contributed by atoms with Crippen LogP contribution in [0.2, 0.25) is 0 Å². The summed E-state index contributed by atoms with van der Waals surface area (Å²) in [5, 5.41) is 6.67. The fourth-order valence-corrected chi connectivity index (χ4v) is 3.98. The lowest BCUT2D eigenvalue weighted by Gasteiger charge is -2.13. The van der Waals surface area contributed by atoms with E-state index in [1.54, 1.807) is 0 Å². The van der Waals surface area contributed by atoms with Gasteiger partial charge in [-0.3, -0.25) is 0 Å². The molecule has 1 aliphatic heterocycles. The first-order valence-electron chi connectivity index (χ1n) is 5.81. The predicted octanol–water partition coefficient (Wildman–Crippen LogP) is 2.03. The second kappa shape index (κ2) is 5.34. The second-order valence-corrected chi connectivity index (χ2v) is 7.29. The SMILES string of the molecule is Cc1cccc(NC(=S)N[C@H]2CC[S+](=O)(O)C2)c1. The fourth-order valence-electron chi connectivity index (χ4n) is 2.00. The summed E-state index contributed by atoms with van der Waals surface area (Å²) < 4.78 is 20.9. The van der Waals surface area contributed by atoms with Crippen LogP contribution in [0.15, 0.2) is 24.3 Å². The zero-order valence-electron chi connectivity index (χ0n) is 10.2. The van der Waals surface area contributed by atoms with Crippen LogP contribution >= 0.6 is 12.2 Å². The molecule has 3 N–H and O–H groups in total. The van der Waals surface area contributed by atoms with E-state index in [2.05, 4.69) is 10.6 Å². The van der Waals surface area contributed by atoms with E-state index in [0.29, 0.717) is 17.3 Å². The van der Waals surface area contributed by atoms with Crippen molar-refractivity contribution in [2.24, 2.45) is 0 Å². The van der Waals surface area contributed by atoms with Crippen molar-refractivity contribution in [2.75, 3.05) is 16.8 Å². The summed E-state index contributed by atoms with van der Waals surface area (Å²) in [6.45, 7) is 2.01. The van der Waals surface area contributed by atoms with E-state index in [0.717, 1.165) is 11.3 Å². The topological polar surface area (TPSA) is 61.4 Å². The van der Waals surface area contributed by atoms with Gasteiger partial charge < -0.3 is 10.6 Å². The van der Waals surface area contributed by atoms with Crippen molar-refractivity contribution in [3.63, 3.8) is 0 Å². The number of thiocarbonyl (C=S) groups is 1. The van der Waals surface area contributed by atoms with Crippen LogP contribution in [0.3, 0.4) is 0 Å². The maximum atomic E-state index is 11.4. The van der Waals surface area contributed by atoms with Gasteiger partial charge >= 0.3 is 0 Å². The van der Waals surface area contributed by atoms with Crippen LogP contribution in [0, 0.1) is 6.92 Å². The van der Waals surface area contributed by atoms with Crippen molar-refractivity contribution < 1.29 is 8.76 Å². The summed E-state index contributed by atoms with van der Waals surface area (Å²) in [5.41, 5.74) is 2.08. The average molecular weight is 285 g/mol. The van der Waals surface area contributed by atoms with Crippen LogP contribution in [0.4, 0.5) is 5.69 Å². The Labute approximate surface area is 113 Å². The minimum atomic E-state index is -2.62. The Kier molecular flexibility index (Phi) is 3.99. The first-order chi connectivity index (χ1) is 8.44. The second-order valence-electron chi connectivity index (χ2n) is 4.60. The molecule has 0 aliphatic carbocycles. The summed E-state index contributed by atoms with van der Waals surface area (Å²) in [6, 6.07) is 7.89. The van der Waals surface area contributed by atoms with Crippen molar-refractivity contribution in [1.29, 1.82) is 0 Å². The largest absolute Gasteiger partial charge is 0.355 e. The minimum Gasteiger partial charge on any atom is -0.355 e. The average Bonchev–Trinajstić information content (AvgIpc) is 2.57. The Bertz CT molecular complexity index is 505. The van der Waals surface area contributed by atoms with Crippen molar-refractivity contribution in [2.45, 2.75) is 19.4 Å². The highest BCUT2D eigenvalue weighted by Crippen LogP contribution is 2.17. The quantitative estimate of drug-likeness (QED) is 0.573. The molecule has 1 heterocycles. The molecule has 4 nitrogen and oxygen atoms in total. The summed E-state index contributed by atoms with van der Waals surface area (Å²) in [7, 11) is -2.62. The van der Waals surface area contributed by atoms with Gasteiger partial charge in [0.2, 0.25) is 10.2 Å². The molecule has 1 aromatic carbocycles. The Hall–Kier alpha value is -0.980. The lowest BCUT2D eigenvalue weighted by molar-refractivity contribution is 0.502. The normalized spacial score (nSPS) is 26.9. The highest BCUT2D eigenvalue weighted by atomic mass is 32.3. The highest BCUT2D eigenvalue weighted by molar-refractivity contribution is 7.98. The number of nitrogens with one attached hydrogen (secondary N) is 2. The summed E-state index contributed by atoms with van der Waals surface area (Å²) in [5.74, 6) is 0.639. The zero-order chi connectivity index (χ0) is 13.2. The van der Waals surface area contributed by atoms with Crippen LogP contribution in [0.1, 0.15) is 12.0 Å². The maximum Gasteiger partial charge on any atom is 0.216 e. The van der Waals surface area contributed by atoms with Crippen LogP contribution < -0.4 is 10.6 Å². The molecule has 1 saturated heterocycles. The van der Waals surface area contributed by atoms with Crippen molar-refractivity contribution in [3.05, 3.63) is 29.8 Å². The van der Waals surface area contributed by atoms with E-state index in [4.69, 9.17) is 12.2 Å². The monoisotopic (exact) mass is 285 g/mol. The van der Waals surface area contributed by atoms with E-state index in [9.17, 15) is 8.76 Å². The third kappa shape index (κ3) is 3.76. The smallest absolute Gasteiger partial charge is 0.216 e. The Balaban J connectivity index is 1.88. The summed E-state index contributed by atoms with van der Waals surface area (Å²) in [4.78, 5) is 0. The Morgan fingerprint density at radius 2 is 2.33 bits per heavy atom. The summed E-state index contributed by atoms with van der Waals surface area (Å²) in [6.07, 6.45) is 0.685. The van der Waals surface area contributed by atoms with Gasteiger partial charge in [0.1, 0.15) is 5.75 Å². The molecular weight excluding hydrogens is 268 g/mol. The number of hydrogen-bond acceptors (Lipinski definition) is 2. The number of aryl methyl sites for hydroxylation is 1. The molecule has 1 unspecified atom stereocenters. The van der Waals surface area contributed by atoms with Gasteiger partial charge in [-0.1, -0.05) is 16.3 Å². The van der Waals surface area contributed by atoms with Crippen LogP contribution in [-0.2, 0) is 14.4 Å². The number of benzene rings is 1. The summed E-state index contributed by atoms with van der Waals surface area (Å²) >= 11 is 5.19. The zero-order valence-corrected chi connectivity index (χ0v) is 11.8. The molecule has 0 bridgehead atoms. The van der Waals surface area contributed by atoms with Gasteiger partial charge in [0.15, 0.2) is 10.9 Å². The lowest BCUT2D eigenvalue weighted by Crippen LogP contribution is -2.38. The van der Waals surface area contributed by atoms with Gasteiger partial charge in [-0.2, -0.15) is 4.55 Å². The molecule has 98 valence electrons. The molecule has 0 radical (unpaired) electrons. The third-order valence-electron chi connectivity index (χ3n) is 2.86. The van der Waals surface area contributed by atoms with Gasteiger partial charge in [-0.25, -0.2) is 0 Å². The Morgan fingerprint density at radius 1 is 1.56 bits per heavy atom. The minimum absolute atomic E-state index is 0.00712. The maximum absolute atomic E-state index is 11.4. The molecular formula is C12H17N2O2S2+. The number of hydrogen-bond donors (Lipinski definition) is 3. The van der Waals surface area contributed by atoms with E-state index in [-0.39, 0.29) is 11.8 Å². The molecule has 6 heteroatoms. The van der Waals surface area contributed by atoms with E-state index in [1.165, 1.54) is 0 Å².